The lowest BCUT2D eigenvalue weighted by Crippen LogP contribution is -2.30. The third-order valence-corrected chi connectivity index (χ3v) is 7.96. The van der Waals surface area contributed by atoms with Gasteiger partial charge in [0.15, 0.2) is 6.61 Å². The number of carbonyl (C=O) groups excluding carboxylic acids is 4. The molecule has 2 unspecified atom stereocenters. The third kappa shape index (κ3) is 5.17. The maximum absolute atomic E-state index is 13.2. The van der Waals surface area contributed by atoms with Crippen LogP contribution in [0, 0.1) is 22.0 Å². The fourth-order valence-corrected chi connectivity index (χ4v) is 5.67. The second kappa shape index (κ2) is 11.2. The molecular weight excluding hydrogens is 574 g/mol. The van der Waals surface area contributed by atoms with E-state index in [2.05, 4.69) is 4.98 Å². The Hall–Kier alpha value is -5.22. The van der Waals surface area contributed by atoms with E-state index in [0.717, 1.165) is 6.07 Å². The van der Waals surface area contributed by atoms with Crippen molar-refractivity contribution in [3.05, 3.63) is 111 Å². The van der Waals surface area contributed by atoms with E-state index in [4.69, 9.17) is 16.3 Å². The summed E-state index contributed by atoms with van der Waals surface area (Å²) < 4.78 is 5.32. The minimum absolute atomic E-state index is 0.0379. The molecule has 214 valence electrons. The van der Waals surface area contributed by atoms with Crippen molar-refractivity contribution in [1.29, 1.82) is 0 Å². The molecule has 1 aliphatic heterocycles. The van der Waals surface area contributed by atoms with Gasteiger partial charge in [0.1, 0.15) is 0 Å². The SMILES string of the molecule is O=C(COC(=O)c1cc(-c2ccc(N3C(=O)C4CC=CCC4C3=O)cc2)nc2c(Cl)cccc12)c1cccc([N+](=O)[O-])c1. The van der Waals surface area contributed by atoms with Gasteiger partial charge in [0.05, 0.1) is 44.2 Å². The first-order chi connectivity index (χ1) is 20.7. The maximum atomic E-state index is 13.2. The Labute approximate surface area is 249 Å². The number of rotatable bonds is 7. The number of hydrogen-bond acceptors (Lipinski definition) is 8. The molecule has 0 bridgehead atoms. The van der Waals surface area contributed by atoms with Crippen molar-refractivity contribution < 1.29 is 28.8 Å². The number of imide groups is 1. The number of allylic oxidation sites excluding steroid dienone is 2. The second-order valence-electron chi connectivity index (χ2n) is 10.2. The summed E-state index contributed by atoms with van der Waals surface area (Å²) in [5.74, 6) is -2.54. The zero-order valence-corrected chi connectivity index (χ0v) is 23.2. The molecular formula is C32H22ClN3O7. The number of fused-ring (bicyclic) bond motifs is 2. The monoisotopic (exact) mass is 595 g/mol. The van der Waals surface area contributed by atoms with Crippen LogP contribution in [0.4, 0.5) is 11.4 Å². The standard InChI is InChI=1S/C32H22ClN3O7/c33-26-10-4-9-22-25(32(40)43-17-28(37)19-5-3-6-21(15-19)36(41)42)16-27(34-29(22)26)18-11-13-20(14-12-18)35-30(38)23-7-1-2-8-24(23)31(35)39/h1-6,9-16,23-24H,7-8,17H2. The number of nitro benzene ring substituents is 1. The molecule has 1 aromatic heterocycles. The van der Waals surface area contributed by atoms with Crippen LogP contribution in [-0.4, -0.2) is 40.1 Å². The molecule has 1 aliphatic carbocycles. The van der Waals surface area contributed by atoms with Crippen molar-refractivity contribution >= 4 is 57.4 Å². The van der Waals surface area contributed by atoms with Crippen molar-refractivity contribution in [2.75, 3.05) is 11.5 Å². The summed E-state index contributed by atoms with van der Waals surface area (Å²) in [6.07, 6.45) is 4.95. The van der Waals surface area contributed by atoms with Gasteiger partial charge in [-0.25, -0.2) is 9.78 Å². The Morgan fingerprint density at radius 1 is 0.953 bits per heavy atom. The van der Waals surface area contributed by atoms with Crippen LogP contribution in [-0.2, 0) is 14.3 Å². The predicted octanol–water partition coefficient (Wildman–Crippen LogP) is 5.96. The van der Waals surface area contributed by atoms with Crippen LogP contribution in [0.25, 0.3) is 22.2 Å². The molecule has 0 radical (unpaired) electrons. The zero-order chi connectivity index (χ0) is 30.2. The van der Waals surface area contributed by atoms with Gasteiger partial charge in [-0.3, -0.25) is 29.4 Å². The number of anilines is 1. The first kappa shape index (κ1) is 27.9. The Morgan fingerprint density at radius 3 is 2.30 bits per heavy atom. The number of Topliss-reactive ketones (excluding diaryl/α,β-unsaturated/α-hetero) is 1. The van der Waals surface area contributed by atoms with Crippen LogP contribution in [0.15, 0.2) is 84.9 Å². The number of ether oxygens (including phenoxy) is 1. The molecule has 2 heterocycles. The Balaban J connectivity index is 1.28. The first-order valence-electron chi connectivity index (χ1n) is 13.4. The van der Waals surface area contributed by atoms with Crippen LogP contribution in [0.3, 0.4) is 0 Å². The number of para-hydroxylation sites is 1. The molecule has 0 saturated carbocycles. The summed E-state index contributed by atoms with van der Waals surface area (Å²) in [6, 6.07) is 18.3. The number of non-ortho nitro benzene ring substituents is 1. The van der Waals surface area contributed by atoms with Crippen LogP contribution in [0.2, 0.25) is 5.02 Å². The van der Waals surface area contributed by atoms with Gasteiger partial charge in [-0.15, -0.1) is 0 Å². The molecule has 2 amide bonds. The summed E-state index contributed by atoms with van der Waals surface area (Å²) in [4.78, 5) is 68.2. The Bertz CT molecular complexity index is 1840. The molecule has 6 rings (SSSR count). The van der Waals surface area contributed by atoms with Gasteiger partial charge in [0.2, 0.25) is 17.6 Å². The van der Waals surface area contributed by atoms with Gasteiger partial charge in [0, 0.05) is 28.6 Å². The normalized spacial score (nSPS) is 17.7. The minimum atomic E-state index is -0.809. The van der Waals surface area contributed by atoms with Crippen molar-refractivity contribution in [2.45, 2.75) is 12.8 Å². The highest BCUT2D eigenvalue weighted by molar-refractivity contribution is 6.35. The van der Waals surface area contributed by atoms with Crippen molar-refractivity contribution in [3.63, 3.8) is 0 Å². The molecule has 1 fully saturated rings. The average Bonchev–Trinajstić information content (AvgIpc) is 3.28. The highest BCUT2D eigenvalue weighted by atomic mass is 35.5. The number of halogens is 1. The van der Waals surface area contributed by atoms with E-state index in [9.17, 15) is 29.3 Å². The maximum Gasteiger partial charge on any atom is 0.339 e. The van der Waals surface area contributed by atoms with Gasteiger partial charge < -0.3 is 4.74 Å². The largest absolute Gasteiger partial charge is 0.454 e. The quantitative estimate of drug-likeness (QED) is 0.0637. The van der Waals surface area contributed by atoms with E-state index in [1.165, 1.54) is 29.2 Å². The summed E-state index contributed by atoms with van der Waals surface area (Å²) >= 11 is 6.43. The van der Waals surface area contributed by atoms with Gasteiger partial charge >= 0.3 is 5.97 Å². The molecule has 4 aromatic rings. The fraction of sp³-hybridized carbons (Fsp3) is 0.156. The van der Waals surface area contributed by atoms with Crippen LogP contribution in [0.1, 0.15) is 33.6 Å². The summed E-state index contributed by atoms with van der Waals surface area (Å²) in [7, 11) is 0. The van der Waals surface area contributed by atoms with Crippen molar-refractivity contribution in [1.82, 2.24) is 4.98 Å². The van der Waals surface area contributed by atoms with Crippen molar-refractivity contribution in [2.24, 2.45) is 11.8 Å². The molecule has 11 heteroatoms. The topological polar surface area (TPSA) is 137 Å². The van der Waals surface area contributed by atoms with E-state index in [1.54, 1.807) is 42.5 Å². The van der Waals surface area contributed by atoms with Crippen LogP contribution < -0.4 is 4.90 Å². The highest BCUT2D eigenvalue weighted by Crippen LogP contribution is 2.38. The van der Waals surface area contributed by atoms with Gasteiger partial charge in [0.25, 0.3) is 5.69 Å². The number of ketones is 1. The second-order valence-corrected chi connectivity index (χ2v) is 10.6. The molecule has 0 spiro atoms. The number of nitro groups is 1. The van der Waals surface area contributed by atoms with Gasteiger partial charge in [-0.05, 0) is 37.1 Å². The molecule has 10 nitrogen and oxygen atoms in total. The number of esters is 1. The fourth-order valence-electron chi connectivity index (χ4n) is 5.45. The molecule has 3 aromatic carbocycles. The van der Waals surface area contributed by atoms with E-state index >= 15 is 0 Å². The van der Waals surface area contributed by atoms with Gasteiger partial charge in [-0.1, -0.05) is 60.2 Å². The molecule has 2 atom stereocenters. The third-order valence-electron chi connectivity index (χ3n) is 7.65. The lowest BCUT2D eigenvalue weighted by atomic mass is 9.85. The Morgan fingerprint density at radius 2 is 1.63 bits per heavy atom. The number of amides is 2. The van der Waals surface area contributed by atoms with Gasteiger partial charge in [-0.2, -0.15) is 0 Å². The number of benzene rings is 3. The molecule has 0 N–H and O–H groups in total. The smallest absolute Gasteiger partial charge is 0.339 e. The molecule has 43 heavy (non-hydrogen) atoms. The summed E-state index contributed by atoms with van der Waals surface area (Å²) in [5, 5.41) is 11.8. The van der Waals surface area contributed by atoms with E-state index in [1.807, 2.05) is 12.2 Å². The van der Waals surface area contributed by atoms with Crippen molar-refractivity contribution in [3.8, 4) is 11.3 Å². The first-order valence-corrected chi connectivity index (χ1v) is 13.8. The lowest BCUT2D eigenvalue weighted by Gasteiger charge is -2.16. The number of pyridine rings is 1. The molecule has 1 saturated heterocycles. The number of aromatic nitrogens is 1. The van der Waals surface area contributed by atoms with Crippen LogP contribution >= 0.6 is 11.6 Å². The highest BCUT2D eigenvalue weighted by Gasteiger charge is 2.47. The number of carbonyl (C=O) groups is 4. The summed E-state index contributed by atoms with van der Waals surface area (Å²) in [5.41, 5.74) is 1.65. The predicted molar refractivity (Wildman–Crippen MR) is 158 cm³/mol. The zero-order valence-electron chi connectivity index (χ0n) is 22.4. The minimum Gasteiger partial charge on any atom is -0.454 e. The number of nitrogens with zero attached hydrogens (tertiary/aromatic N) is 3. The Kier molecular flexibility index (Phi) is 7.29. The number of hydrogen-bond donors (Lipinski definition) is 0. The van der Waals surface area contributed by atoms with E-state index in [-0.39, 0.29) is 40.5 Å². The molecule has 2 aliphatic rings. The van der Waals surface area contributed by atoms with E-state index in [0.29, 0.717) is 45.7 Å². The lowest BCUT2D eigenvalue weighted by molar-refractivity contribution is -0.384. The average molecular weight is 596 g/mol. The van der Waals surface area contributed by atoms with Crippen LogP contribution in [0.5, 0.6) is 0 Å². The summed E-state index contributed by atoms with van der Waals surface area (Å²) in [6.45, 7) is -0.635. The van der Waals surface area contributed by atoms with E-state index < -0.39 is 23.3 Å².